The zero-order valence-electron chi connectivity index (χ0n) is 17.9. The van der Waals surface area contributed by atoms with Crippen LogP contribution in [-0.2, 0) is 9.22 Å². The lowest BCUT2D eigenvalue weighted by Gasteiger charge is -2.55. The van der Waals surface area contributed by atoms with E-state index in [0.717, 1.165) is 32.1 Å². The number of Topliss-reactive ketones (excluding diaryl/α,β-unsaturated/α-hetero) is 1. The van der Waals surface area contributed by atoms with E-state index in [2.05, 4.69) is 41.9 Å². The van der Waals surface area contributed by atoms with Gasteiger partial charge in [-0.1, -0.05) is 53.1 Å². The summed E-state index contributed by atoms with van der Waals surface area (Å²) in [5.74, 6) is 1.22. The van der Waals surface area contributed by atoms with Crippen molar-refractivity contribution in [1.29, 1.82) is 5.26 Å². The third-order valence-electron chi connectivity index (χ3n) is 8.87. The first kappa shape index (κ1) is 21.3. The van der Waals surface area contributed by atoms with Crippen molar-refractivity contribution in [2.24, 2.45) is 22.7 Å². The predicted octanol–water partition coefficient (Wildman–Crippen LogP) is 5.17. The molecule has 29 heavy (non-hydrogen) atoms. The fourth-order valence-electron chi connectivity index (χ4n) is 6.99. The highest BCUT2D eigenvalue weighted by Gasteiger charge is 2.66. The number of ketones is 1. The lowest BCUT2D eigenvalue weighted by atomic mass is 9.51. The van der Waals surface area contributed by atoms with E-state index in [1.807, 2.05) is 19.3 Å². The van der Waals surface area contributed by atoms with Gasteiger partial charge in [-0.3, -0.25) is 4.79 Å². The monoisotopic (exact) mass is 477 g/mol. The Kier molecular flexibility index (Phi) is 5.00. The SMILES string of the molecule is C[C@]12CCC(=O)CC1=CCC1C2=CC[C@@]2(C)C1CC[C@]2(O)C(Br)[Si](C)(C)OC#N. The van der Waals surface area contributed by atoms with Crippen LogP contribution in [0.1, 0.15) is 58.8 Å². The van der Waals surface area contributed by atoms with Gasteiger partial charge in [0.1, 0.15) is 5.78 Å². The van der Waals surface area contributed by atoms with Crippen molar-refractivity contribution in [1.82, 2.24) is 0 Å². The first-order chi connectivity index (χ1) is 13.5. The largest absolute Gasteiger partial charge is 0.481 e. The maximum atomic E-state index is 12.0. The summed E-state index contributed by atoms with van der Waals surface area (Å²) in [6.07, 6.45) is 12.4. The quantitative estimate of drug-likeness (QED) is 0.263. The predicted molar refractivity (Wildman–Crippen MR) is 119 cm³/mol. The van der Waals surface area contributed by atoms with Crippen LogP contribution in [0.25, 0.3) is 0 Å². The molecular weight excluding hydrogens is 446 g/mol. The molecule has 3 unspecified atom stereocenters. The zero-order valence-corrected chi connectivity index (χ0v) is 20.5. The fraction of sp³-hybridized carbons (Fsp3) is 0.739. The fourth-order valence-corrected chi connectivity index (χ4v) is 9.99. The molecule has 158 valence electrons. The molecular formula is C23H32BrNO3Si. The Hall–Kier alpha value is -0.903. The van der Waals surface area contributed by atoms with Crippen LogP contribution in [0.3, 0.4) is 0 Å². The minimum atomic E-state index is -2.43. The first-order valence-electron chi connectivity index (χ1n) is 10.8. The van der Waals surface area contributed by atoms with Crippen molar-refractivity contribution in [3.63, 3.8) is 0 Å². The number of hydrogen-bond acceptors (Lipinski definition) is 4. The van der Waals surface area contributed by atoms with Gasteiger partial charge in [-0.15, -0.1) is 0 Å². The molecule has 0 amide bonds. The van der Waals surface area contributed by atoms with Crippen LogP contribution >= 0.6 is 15.9 Å². The van der Waals surface area contributed by atoms with E-state index in [1.54, 1.807) is 0 Å². The van der Waals surface area contributed by atoms with Crippen LogP contribution in [-0.4, -0.2) is 29.3 Å². The van der Waals surface area contributed by atoms with Gasteiger partial charge in [0, 0.05) is 23.7 Å². The Morgan fingerprint density at radius 3 is 2.76 bits per heavy atom. The maximum Gasteiger partial charge on any atom is 0.277 e. The van der Waals surface area contributed by atoms with Gasteiger partial charge in [0.05, 0.1) is 10.1 Å². The third kappa shape index (κ3) is 2.87. The zero-order chi connectivity index (χ0) is 21.2. The Balaban J connectivity index is 1.70. The molecule has 2 saturated carbocycles. The van der Waals surface area contributed by atoms with Crippen LogP contribution in [0.5, 0.6) is 0 Å². The molecule has 4 nitrogen and oxygen atoms in total. The molecule has 0 heterocycles. The molecule has 0 bridgehead atoms. The van der Waals surface area contributed by atoms with E-state index >= 15 is 0 Å². The summed E-state index contributed by atoms with van der Waals surface area (Å²) in [5, 5.41) is 21.1. The molecule has 0 aromatic carbocycles. The van der Waals surface area contributed by atoms with Gasteiger partial charge in [0.25, 0.3) is 14.6 Å². The van der Waals surface area contributed by atoms with Gasteiger partial charge < -0.3 is 9.53 Å². The molecule has 0 saturated heterocycles. The molecule has 0 aromatic rings. The number of nitriles is 1. The molecule has 4 aliphatic carbocycles. The Labute approximate surface area is 183 Å². The average Bonchev–Trinajstić information content (AvgIpc) is 2.94. The van der Waals surface area contributed by atoms with Crippen LogP contribution in [0.4, 0.5) is 0 Å². The number of carbonyl (C=O) groups excluding carboxylic acids is 1. The van der Waals surface area contributed by atoms with Crippen molar-refractivity contribution in [2.75, 3.05) is 0 Å². The lowest BCUT2D eigenvalue weighted by Crippen LogP contribution is -2.62. The number of carbonyl (C=O) groups is 1. The van der Waals surface area contributed by atoms with Gasteiger partial charge in [-0.2, -0.15) is 5.26 Å². The van der Waals surface area contributed by atoms with E-state index in [9.17, 15) is 9.90 Å². The van der Waals surface area contributed by atoms with Gasteiger partial charge in [-0.25, -0.2) is 0 Å². The van der Waals surface area contributed by atoms with E-state index in [4.69, 9.17) is 9.69 Å². The summed E-state index contributed by atoms with van der Waals surface area (Å²) in [6.45, 7) is 8.58. The van der Waals surface area contributed by atoms with Crippen molar-refractivity contribution < 1.29 is 14.3 Å². The number of nitrogens with zero attached hydrogens (tertiary/aromatic N) is 1. The molecule has 4 rings (SSSR count). The summed E-state index contributed by atoms with van der Waals surface area (Å²) in [4.78, 5) is 12.0. The second kappa shape index (κ2) is 6.80. The normalized spacial score (nSPS) is 42.6. The van der Waals surface area contributed by atoms with Crippen LogP contribution < -0.4 is 0 Å². The van der Waals surface area contributed by atoms with E-state index in [1.165, 1.54) is 11.1 Å². The molecule has 6 heteroatoms. The number of halogens is 1. The maximum absolute atomic E-state index is 12.0. The number of aliphatic hydroxyl groups is 1. The smallest absolute Gasteiger partial charge is 0.277 e. The van der Waals surface area contributed by atoms with Gasteiger partial charge in [0.15, 0.2) is 0 Å². The molecule has 0 aliphatic heterocycles. The highest BCUT2D eigenvalue weighted by Crippen LogP contribution is 2.66. The van der Waals surface area contributed by atoms with Crippen molar-refractivity contribution in [3.8, 4) is 6.26 Å². The summed E-state index contributed by atoms with van der Waals surface area (Å²) >= 11 is 3.81. The third-order valence-corrected chi connectivity index (χ3v) is 15.2. The summed E-state index contributed by atoms with van der Waals surface area (Å²) in [7, 11) is -2.43. The number of rotatable bonds is 3. The van der Waals surface area contributed by atoms with E-state index < -0.39 is 13.9 Å². The van der Waals surface area contributed by atoms with Crippen molar-refractivity contribution in [3.05, 3.63) is 23.3 Å². The molecule has 6 atom stereocenters. The minimum Gasteiger partial charge on any atom is -0.481 e. The van der Waals surface area contributed by atoms with E-state index in [0.29, 0.717) is 30.5 Å². The number of allylic oxidation sites excluding steroid dienone is 4. The minimum absolute atomic E-state index is 0.0185. The lowest BCUT2D eigenvalue weighted by molar-refractivity contribution is -0.120. The van der Waals surface area contributed by atoms with Gasteiger partial charge in [-0.05, 0) is 57.0 Å². The first-order valence-corrected chi connectivity index (χ1v) is 14.7. The summed E-state index contributed by atoms with van der Waals surface area (Å²) in [5.41, 5.74) is 1.72. The standard InChI is InChI=1S/C23H32BrNO3Si/c1-21-10-7-16(26)13-15(21)5-6-17-18(21)8-11-22(2)19(17)9-12-23(22,27)20(24)29(3,4)28-14-25/h5,8,17,19-20,27H,6-7,9-13H2,1-4H3/t17?,19?,20?,21-,22-,23-/m0/s1. The second-order valence-electron chi connectivity index (χ2n) is 10.6. The summed E-state index contributed by atoms with van der Waals surface area (Å²) in [6, 6.07) is 0. The molecule has 0 radical (unpaired) electrons. The average molecular weight is 479 g/mol. The van der Waals surface area contributed by atoms with Crippen LogP contribution in [0.2, 0.25) is 13.1 Å². The molecule has 0 aromatic heterocycles. The van der Waals surface area contributed by atoms with Gasteiger partial charge >= 0.3 is 0 Å². The van der Waals surface area contributed by atoms with Crippen molar-refractivity contribution >= 4 is 30.0 Å². The number of hydrogen-bond donors (Lipinski definition) is 1. The Morgan fingerprint density at radius 1 is 1.34 bits per heavy atom. The molecule has 0 spiro atoms. The van der Waals surface area contributed by atoms with E-state index in [-0.39, 0.29) is 15.3 Å². The molecule has 1 N–H and O–H groups in total. The number of fused-ring (bicyclic) bond motifs is 5. The van der Waals surface area contributed by atoms with Crippen LogP contribution in [0, 0.1) is 34.2 Å². The Bertz CT molecular complexity index is 846. The number of alkyl halides is 1. The topological polar surface area (TPSA) is 70.3 Å². The van der Waals surface area contributed by atoms with Crippen molar-refractivity contribution in [2.45, 2.75) is 81.9 Å². The summed E-state index contributed by atoms with van der Waals surface area (Å²) < 4.78 is 5.27. The molecule has 2 fully saturated rings. The highest BCUT2D eigenvalue weighted by atomic mass is 79.9. The second-order valence-corrected chi connectivity index (χ2v) is 16.4. The molecule has 4 aliphatic rings. The Morgan fingerprint density at radius 2 is 2.07 bits per heavy atom. The highest BCUT2D eigenvalue weighted by molar-refractivity contribution is 9.10. The van der Waals surface area contributed by atoms with Gasteiger partial charge in [0.2, 0.25) is 0 Å². The van der Waals surface area contributed by atoms with Crippen LogP contribution in [0.15, 0.2) is 23.3 Å².